The van der Waals surface area contributed by atoms with Gasteiger partial charge < -0.3 is 10.0 Å². The van der Waals surface area contributed by atoms with E-state index in [9.17, 15) is 9.59 Å². The maximum absolute atomic E-state index is 12.2. The average molecular weight is 292 g/mol. The van der Waals surface area contributed by atoms with Gasteiger partial charge in [0, 0.05) is 18.5 Å². The van der Waals surface area contributed by atoms with Crippen LogP contribution in [0.1, 0.15) is 32.5 Å². The van der Waals surface area contributed by atoms with E-state index in [1.807, 2.05) is 17.7 Å². The lowest BCUT2D eigenvalue weighted by Crippen LogP contribution is -2.50. The van der Waals surface area contributed by atoms with Gasteiger partial charge in [0.2, 0.25) is 0 Å². The van der Waals surface area contributed by atoms with Crippen LogP contribution in [0.5, 0.6) is 0 Å². The summed E-state index contributed by atoms with van der Waals surface area (Å²) in [6.07, 6.45) is 1.39. The topological polar surface area (TPSA) is 88.3 Å². The lowest BCUT2D eigenvalue weighted by Gasteiger charge is -2.38. The maximum Gasteiger partial charge on any atom is 0.358 e. The van der Waals surface area contributed by atoms with Gasteiger partial charge in [-0.3, -0.25) is 4.79 Å². The van der Waals surface area contributed by atoms with Gasteiger partial charge >= 0.3 is 5.97 Å². The van der Waals surface area contributed by atoms with Crippen LogP contribution < -0.4 is 0 Å². The molecule has 1 aliphatic heterocycles. The molecular formula is C12H12N4O3S. The molecule has 2 aromatic heterocycles. The van der Waals surface area contributed by atoms with Crippen molar-refractivity contribution in [1.82, 2.24) is 19.9 Å². The Labute approximate surface area is 118 Å². The van der Waals surface area contributed by atoms with Gasteiger partial charge in [-0.25, -0.2) is 9.48 Å². The summed E-state index contributed by atoms with van der Waals surface area (Å²) in [7, 11) is 0. The number of rotatable bonds is 3. The minimum Gasteiger partial charge on any atom is -0.476 e. The third kappa shape index (κ3) is 2.07. The SMILES string of the molecule is Cc1cscc1C(=O)N1CC(n2cc(C(=O)O)nn2)C1. The number of amides is 1. The van der Waals surface area contributed by atoms with Crippen molar-refractivity contribution < 1.29 is 14.7 Å². The summed E-state index contributed by atoms with van der Waals surface area (Å²) in [5.74, 6) is -1.09. The highest BCUT2D eigenvalue weighted by Crippen LogP contribution is 2.25. The molecule has 0 aliphatic carbocycles. The Morgan fingerprint density at radius 3 is 2.70 bits per heavy atom. The summed E-state index contributed by atoms with van der Waals surface area (Å²) < 4.78 is 1.51. The van der Waals surface area contributed by atoms with Gasteiger partial charge in [-0.05, 0) is 17.9 Å². The number of carboxylic acid groups (broad SMARTS) is 1. The lowest BCUT2D eigenvalue weighted by molar-refractivity contribution is 0.0497. The highest BCUT2D eigenvalue weighted by atomic mass is 32.1. The molecule has 104 valence electrons. The zero-order chi connectivity index (χ0) is 14.3. The van der Waals surface area contributed by atoms with Crippen molar-refractivity contribution in [1.29, 1.82) is 0 Å². The van der Waals surface area contributed by atoms with Crippen molar-refractivity contribution in [3.05, 3.63) is 33.8 Å². The van der Waals surface area contributed by atoms with Crippen LogP contribution in [0.2, 0.25) is 0 Å². The summed E-state index contributed by atoms with van der Waals surface area (Å²) in [5.41, 5.74) is 1.64. The molecule has 1 aliphatic rings. The Kier molecular flexibility index (Phi) is 3.01. The lowest BCUT2D eigenvalue weighted by atomic mass is 10.1. The largest absolute Gasteiger partial charge is 0.476 e. The van der Waals surface area contributed by atoms with E-state index in [1.165, 1.54) is 22.2 Å². The molecule has 3 rings (SSSR count). The Bertz CT molecular complexity index is 672. The van der Waals surface area contributed by atoms with Crippen molar-refractivity contribution in [2.24, 2.45) is 0 Å². The third-order valence-corrected chi connectivity index (χ3v) is 4.20. The van der Waals surface area contributed by atoms with Gasteiger partial charge in [0.15, 0.2) is 5.69 Å². The van der Waals surface area contributed by atoms with Crippen LogP contribution in [0, 0.1) is 6.92 Å². The molecule has 1 N–H and O–H groups in total. The number of thiophene rings is 1. The minimum absolute atomic E-state index is 0.00140. The minimum atomic E-state index is -1.10. The van der Waals surface area contributed by atoms with Gasteiger partial charge in [0.05, 0.1) is 17.8 Å². The summed E-state index contributed by atoms with van der Waals surface area (Å²) in [6.45, 7) is 2.96. The molecule has 0 radical (unpaired) electrons. The van der Waals surface area contributed by atoms with Crippen molar-refractivity contribution in [3.8, 4) is 0 Å². The molecule has 0 atom stereocenters. The van der Waals surface area contributed by atoms with E-state index in [1.54, 1.807) is 4.90 Å². The third-order valence-electron chi connectivity index (χ3n) is 3.34. The number of aromatic carboxylic acids is 1. The first-order valence-electron chi connectivity index (χ1n) is 6.03. The average Bonchev–Trinajstić information content (AvgIpc) is 2.95. The van der Waals surface area contributed by atoms with Gasteiger partial charge in [0.1, 0.15) is 0 Å². The second kappa shape index (κ2) is 4.71. The Morgan fingerprint density at radius 2 is 2.15 bits per heavy atom. The van der Waals surface area contributed by atoms with Gasteiger partial charge in [-0.1, -0.05) is 5.21 Å². The highest BCUT2D eigenvalue weighted by Gasteiger charge is 2.34. The molecule has 1 amide bonds. The van der Waals surface area contributed by atoms with E-state index in [4.69, 9.17) is 5.11 Å². The number of aryl methyl sites for hydroxylation is 1. The van der Waals surface area contributed by atoms with E-state index in [0.29, 0.717) is 13.1 Å². The molecule has 0 spiro atoms. The van der Waals surface area contributed by atoms with Crippen molar-refractivity contribution >= 4 is 23.2 Å². The first-order chi connectivity index (χ1) is 9.56. The smallest absolute Gasteiger partial charge is 0.358 e. The van der Waals surface area contributed by atoms with Crippen LogP contribution in [-0.4, -0.2) is 50.0 Å². The summed E-state index contributed by atoms with van der Waals surface area (Å²) in [5, 5.41) is 19.9. The number of carbonyl (C=O) groups is 2. The number of likely N-dealkylation sites (tertiary alicyclic amines) is 1. The molecule has 0 aromatic carbocycles. The van der Waals surface area contributed by atoms with E-state index in [2.05, 4.69) is 10.3 Å². The van der Waals surface area contributed by atoms with E-state index in [0.717, 1.165) is 11.1 Å². The fraction of sp³-hybridized carbons (Fsp3) is 0.333. The fourth-order valence-electron chi connectivity index (χ4n) is 2.09. The number of hydrogen-bond donors (Lipinski definition) is 1. The van der Waals surface area contributed by atoms with Crippen molar-refractivity contribution in [2.75, 3.05) is 13.1 Å². The van der Waals surface area contributed by atoms with Crippen molar-refractivity contribution in [2.45, 2.75) is 13.0 Å². The first kappa shape index (κ1) is 12.8. The summed E-state index contributed by atoms with van der Waals surface area (Å²) >= 11 is 1.51. The van der Waals surface area contributed by atoms with Crippen LogP contribution in [0.15, 0.2) is 17.0 Å². The maximum atomic E-state index is 12.2. The monoisotopic (exact) mass is 292 g/mol. The normalized spacial score (nSPS) is 15.2. The zero-order valence-electron chi connectivity index (χ0n) is 10.7. The fourth-order valence-corrected chi connectivity index (χ4v) is 2.91. The Morgan fingerprint density at radius 1 is 1.40 bits per heavy atom. The molecule has 2 aromatic rings. The molecular weight excluding hydrogens is 280 g/mol. The predicted octanol–water partition coefficient (Wildman–Crippen LogP) is 1.04. The molecule has 20 heavy (non-hydrogen) atoms. The number of carboxylic acids is 1. The molecule has 0 unspecified atom stereocenters. The Hall–Kier alpha value is -2.22. The van der Waals surface area contributed by atoms with Crippen LogP contribution in [-0.2, 0) is 0 Å². The van der Waals surface area contributed by atoms with Crippen LogP contribution >= 0.6 is 11.3 Å². The highest BCUT2D eigenvalue weighted by molar-refractivity contribution is 7.08. The molecule has 7 nitrogen and oxygen atoms in total. The molecule has 1 fully saturated rings. The van der Waals surface area contributed by atoms with Gasteiger partial charge in [0.25, 0.3) is 5.91 Å². The standard InChI is InChI=1S/C12H12N4O3S/c1-7-5-20-6-9(7)11(17)15-2-8(3-15)16-4-10(12(18)19)13-14-16/h4-6,8H,2-3H2,1H3,(H,18,19). The molecule has 1 saturated heterocycles. The van der Waals surface area contributed by atoms with E-state index < -0.39 is 5.97 Å². The number of carbonyl (C=O) groups excluding carboxylic acids is 1. The molecule has 3 heterocycles. The molecule has 0 bridgehead atoms. The number of aromatic nitrogens is 3. The molecule has 0 saturated carbocycles. The second-order valence-corrected chi connectivity index (χ2v) is 5.46. The summed E-state index contributed by atoms with van der Waals surface area (Å²) in [6, 6.07) is -0.00140. The van der Waals surface area contributed by atoms with E-state index >= 15 is 0 Å². The van der Waals surface area contributed by atoms with E-state index in [-0.39, 0.29) is 17.6 Å². The van der Waals surface area contributed by atoms with Crippen LogP contribution in [0.4, 0.5) is 0 Å². The number of hydrogen-bond acceptors (Lipinski definition) is 5. The van der Waals surface area contributed by atoms with Crippen LogP contribution in [0.3, 0.4) is 0 Å². The van der Waals surface area contributed by atoms with Crippen LogP contribution in [0.25, 0.3) is 0 Å². The predicted molar refractivity (Wildman–Crippen MR) is 71.0 cm³/mol. The Balaban J connectivity index is 1.65. The van der Waals surface area contributed by atoms with Gasteiger partial charge in [-0.15, -0.1) is 5.10 Å². The van der Waals surface area contributed by atoms with Crippen molar-refractivity contribution in [3.63, 3.8) is 0 Å². The zero-order valence-corrected chi connectivity index (χ0v) is 11.5. The number of nitrogens with zero attached hydrogens (tertiary/aromatic N) is 4. The summed E-state index contributed by atoms with van der Waals surface area (Å²) in [4.78, 5) is 24.6. The van der Waals surface area contributed by atoms with Gasteiger partial charge in [-0.2, -0.15) is 11.3 Å². The first-order valence-corrected chi connectivity index (χ1v) is 6.97. The molecule has 8 heteroatoms. The quantitative estimate of drug-likeness (QED) is 0.913. The second-order valence-electron chi connectivity index (χ2n) is 4.72.